The Balaban J connectivity index is 1.80. The molecule has 0 atom stereocenters. The number of rotatable bonds is 0. The van der Waals surface area contributed by atoms with E-state index in [-0.39, 0.29) is 0 Å². The predicted octanol–water partition coefficient (Wildman–Crippen LogP) is 8.32. The summed E-state index contributed by atoms with van der Waals surface area (Å²) in [6.45, 7) is 0. The number of hydrogen-bond donors (Lipinski definition) is 0. The van der Waals surface area contributed by atoms with E-state index in [9.17, 15) is 0 Å². The molecule has 0 fully saturated rings. The summed E-state index contributed by atoms with van der Waals surface area (Å²) in [5.41, 5.74) is 7.45. The summed E-state index contributed by atoms with van der Waals surface area (Å²) in [7, 11) is 0. The average Bonchev–Trinajstić information content (AvgIpc) is 2.81. The molecular formula is C29H17ClS. The van der Waals surface area contributed by atoms with E-state index in [2.05, 4.69) is 97.1 Å². The molecule has 1 aliphatic heterocycles. The van der Waals surface area contributed by atoms with E-state index in [1.807, 2.05) is 17.8 Å². The molecule has 0 saturated heterocycles. The lowest BCUT2D eigenvalue weighted by atomic mass is 9.59. The molecule has 2 aliphatic rings. The Morgan fingerprint density at radius 2 is 1.19 bits per heavy atom. The first kappa shape index (κ1) is 17.7. The Bertz CT molecular complexity index is 1480. The summed E-state index contributed by atoms with van der Waals surface area (Å²) in [5.74, 6) is 0. The molecule has 31 heavy (non-hydrogen) atoms. The lowest BCUT2D eigenvalue weighted by molar-refractivity contribution is 0.707. The van der Waals surface area contributed by atoms with Gasteiger partial charge < -0.3 is 0 Å². The van der Waals surface area contributed by atoms with Crippen molar-refractivity contribution in [3.8, 4) is 11.1 Å². The maximum atomic E-state index is 6.66. The van der Waals surface area contributed by atoms with Crippen molar-refractivity contribution in [2.75, 3.05) is 0 Å². The Morgan fingerprint density at radius 1 is 0.548 bits per heavy atom. The first-order chi connectivity index (χ1) is 15.3. The topological polar surface area (TPSA) is 0 Å². The summed E-state index contributed by atoms with van der Waals surface area (Å²) in [6, 6.07) is 37.5. The second kappa shape index (κ2) is 6.26. The van der Waals surface area contributed by atoms with Crippen molar-refractivity contribution in [2.24, 2.45) is 0 Å². The van der Waals surface area contributed by atoms with Crippen LogP contribution in [0.1, 0.15) is 22.3 Å². The van der Waals surface area contributed by atoms with Crippen molar-refractivity contribution in [1.82, 2.24) is 0 Å². The summed E-state index contributed by atoms with van der Waals surface area (Å²) in [5, 5.41) is 3.40. The molecule has 0 bridgehead atoms. The molecule has 1 spiro atoms. The van der Waals surface area contributed by atoms with Gasteiger partial charge in [0.1, 0.15) is 0 Å². The normalized spacial score (nSPS) is 14.7. The third-order valence-electron chi connectivity index (χ3n) is 6.79. The van der Waals surface area contributed by atoms with Gasteiger partial charge in [0.15, 0.2) is 0 Å². The van der Waals surface area contributed by atoms with Crippen molar-refractivity contribution >= 4 is 34.1 Å². The fourth-order valence-electron chi connectivity index (χ4n) is 5.66. The van der Waals surface area contributed by atoms with Gasteiger partial charge in [0.05, 0.1) is 5.41 Å². The molecule has 5 aromatic rings. The third kappa shape index (κ3) is 2.18. The van der Waals surface area contributed by atoms with Gasteiger partial charge in [-0.3, -0.25) is 0 Å². The van der Waals surface area contributed by atoms with Crippen LogP contribution in [-0.2, 0) is 5.41 Å². The van der Waals surface area contributed by atoms with Crippen LogP contribution >= 0.6 is 23.4 Å². The van der Waals surface area contributed by atoms with Gasteiger partial charge in [-0.25, -0.2) is 0 Å². The minimum Gasteiger partial charge on any atom is -0.0894 e. The number of halogens is 1. The molecule has 1 aliphatic carbocycles. The standard InChI is InChI=1S/C29H17ClS/c30-19-15-16-20-21-9-5-7-18-8-6-12-24(28(18)21)29(25(20)17-19)22-10-1-3-13-26(22)31-27-14-4-2-11-23(27)29/h1-17H. The van der Waals surface area contributed by atoms with E-state index in [0.29, 0.717) is 0 Å². The number of benzene rings is 5. The predicted molar refractivity (Wildman–Crippen MR) is 130 cm³/mol. The SMILES string of the molecule is Clc1ccc2c(c1)C1(c3ccccc3Sc3ccccc31)c1cccc3cccc-2c13. The van der Waals surface area contributed by atoms with Gasteiger partial charge in [-0.05, 0) is 68.4 Å². The fraction of sp³-hybridized carbons (Fsp3) is 0.0345. The van der Waals surface area contributed by atoms with E-state index >= 15 is 0 Å². The van der Waals surface area contributed by atoms with E-state index in [0.717, 1.165) is 5.02 Å². The van der Waals surface area contributed by atoms with Crippen LogP contribution in [0.2, 0.25) is 5.02 Å². The van der Waals surface area contributed by atoms with Crippen LogP contribution in [0.3, 0.4) is 0 Å². The van der Waals surface area contributed by atoms with Crippen molar-refractivity contribution in [2.45, 2.75) is 15.2 Å². The second-order valence-electron chi connectivity index (χ2n) is 8.24. The van der Waals surface area contributed by atoms with Gasteiger partial charge in [-0.2, -0.15) is 0 Å². The van der Waals surface area contributed by atoms with Gasteiger partial charge in [0.2, 0.25) is 0 Å². The molecule has 146 valence electrons. The smallest absolute Gasteiger partial charge is 0.0736 e. The molecule has 0 aromatic heterocycles. The van der Waals surface area contributed by atoms with Gasteiger partial charge in [-0.15, -0.1) is 0 Å². The van der Waals surface area contributed by atoms with E-state index in [1.54, 1.807) is 0 Å². The molecule has 0 radical (unpaired) electrons. The monoisotopic (exact) mass is 432 g/mol. The molecule has 0 saturated carbocycles. The summed E-state index contributed by atoms with van der Waals surface area (Å²) < 4.78 is 0. The lowest BCUT2D eigenvalue weighted by Gasteiger charge is -2.45. The minimum atomic E-state index is -0.396. The highest BCUT2D eigenvalue weighted by Crippen LogP contribution is 2.61. The van der Waals surface area contributed by atoms with Gasteiger partial charge >= 0.3 is 0 Å². The molecule has 0 nitrogen and oxygen atoms in total. The van der Waals surface area contributed by atoms with E-state index in [1.165, 1.54) is 53.9 Å². The van der Waals surface area contributed by atoms with Crippen molar-refractivity contribution < 1.29 is 0 Å². The number of fused-ring (bicyclic) bond motifs is 8. The molecule has 7 rings (SSSR count). The van der Waals surface area contributed by atoms with Crippen LogP contribution in [0.15, 0.2) is 113 Å². The minimum absolute atomic E-state index is 0.396. The zero-order valence-corrected chi connectivity index (χ0v) is 18.2. The van der Waals surface area contributed by atoms with E-state index < -0.39 is 5.41 Å². The Labute approximate surface area is 190 Å². The van der Waals surface area contributed by atoms with Crippen LogP contribution in [0.25, 0.3) is 21.9 Å². The average molecular weight is 433 g/mol. The Hall–Kier alpha value is -3.00. The highest BCUT2D eigenvalue weighted by atomic mass is 35.5. The largest absolute Gasteiger partial charge is 0.0894 e. The summed E-state index contributed by atoms with van der Waals surface area (Å²) in [6.07, 6.45) is 0. The first-order valence-electron chi connectivity index (χ1n) is 10.5. The lowest BCUT2D eigenvalue weighted by Crippen LogP contribution is -2.36. The van der Waals surface area contributed by atoms with Crippen LogP contribution < -0.4 is 0 Å². The molecular weight excluding hydrogens is 416 g/mol. The van der Waals surface area contributed by atoms with Crippen molar-refractivity contribution in [1.29, 1.82) is 0 Å². The number of hydrogen-bond acceptors (Lipinski definition) is 1. The molecule has 0 unspecified atom stereocenters. The third-order valence-corrected chi connectivity index (χ3v) is 8.17. The zero-order chi connectivity index (χ0) is 20.6. The quantitative estimate of drug-likeness (QED) is 0.232. The highest BCUT2D eigenvalue weighted by molar-refractivity contribution is 7.99. The van der Waals surface area contributed by atoms with Gasteiger partial charge in [0.25, 0.3) is 0 Å². The molecule has 0 amide bonds. The van der Waals surface area contributed by atoms with Crippen LogP contribution in [0, 0.1) is 0 Å². The molecule has 1 heterocycles. The molecule has 0 N–H and O–H groups in total. The van der Waals surface area contributed by atoms with Gasteiger partial charge in [0, 0.05) is 14.8 Å². The van der Waals surface area contributed by atoms with Gasteiger partial charge in [-0.1, -0.05) is 102 Å². The van der Waals surface area contributed by atoms with Crippen LogP contribution in [0.5, 0.6) is 0 Å². The highest BCUT2D eigenvalue weighted by Gasteiger charge is 2.48. The summed E-state index contributed by atoms with van der Waals surface area (Å²) >= 11 is 8.52. The maximum Gasteiger partial charge on any atom is 0.0736 e. The zero-order valence-electron chi connectivity index (χ0n) is 16.6. The van der Waals surface area contributed by atoms with Crippen molar-refractivity contribution in [3.05, 3.63) is 130 Å². The maximum absolute atomic E-state index is 6.66. The molecule has 2 heteroatoms. The Kier molecular flexibility index (Phi) is 3.57. The second-order valence-corrected chi connectivity index (χ2v) is 9.76. The van der Waals surface area contributed by atoms with Crippen molar-refractivity contribution in [3.63, 3.8) is 0 Å². The Morgan fingerprint density at radius 3 is 1.94 bits per heavy atom. The van der Waals surface area contributed by atoms with E-state index in [4.69, 9.17) is 11.6 Å². The van der Waals surface area contributed by atoms with Crippen LogP contribution in [-0.4, -0.2) is 0 Å². The fourth-order valence-corrected chi connectivity index (χ4v) is 7.02. The first-order valence-corrected chi connectivity index (χ1v) is 11.7. The summed E-state index contributed by atoms with van der Waals surface area (Å²) in [4.78, 5) is 2.62. The van der Waals surface area contributed by atoms with Crippen LogP contribution in [0.4, 0.5) is 0 Å². The molecule has 5 aromatic carbocycles.